The lowest BCUT2D eigenvalue weighted by atomic mass is 10.0. The van der Waals surface area contributed by atoms with Gasteiger partial charge in [-0.2, -0.15) is 5.10 Å². The molecule has 36 heavy (non-hydrogen) atoms. The number of nitrogens with two attached hydrogens (primary N) is 1. The van der Waals surface area contributed by atoms with E-state index in [9.17, 15) is 0 Å². The number of fused-ring (bicyclic) bond motifs is 1. The highest BCUT2D eigenvalue weighted by atomic mass is 16.5. The average molecular weight is 489 g/mol. The lowest BCUT2D eigenvalue weighted by molar-refractivity contribution is 0.0601. The number of methoxy groups -OCH3 is 2. The maximum atomic E-state index is 5.98. The summed E-state index contributed by atoms with van der Waals surface area (Å²) < 4.78 is 18.4. The van der Waals surface area contributed by atoms with Crippen LogP contribution >= 0.6 is 0 Å². The van der Waals surface area contributed by atoms with Crippen LogP contribution in [0.4, 0.5) is 11.4 Å². The van der Waals surface area contributed by atoms with Crippen molar-refractivity contribution in [2.75, 3.05) is 45.4 Å². The highest BCUT2D eigenvalue weighted by Crippen LogP contribution is 2.34. The highest BCUT2D eigenvalue weighted by molar-refractivity contribution is 5.82. The number of aromatic nitrogens is 4. The molecule has 188 valence electrons. The van der Waals surface area contributed by atoms with Gasteiger partial charge in [-0.1, -0.05) is 0 Å². The molecule has 1 aliphatic rings. The second-order valence-corrected chi connectivity index (χ2v) is 8.95. The van der Waals surface area contributed by atoms with Crippen molar-refractivity contribution in [3.05, 3.63) is 55.0 Å². The van der Waals surface area contributed by atoms with Gasteiger partial charge >= 0.3 is 0 Å². The second-order valence-electron chi connectivity index (χ2n) is 8.95. The number of rotatable bonds is 9. The molecule has 2 aromatic carbocycles. The molecule has 0 unspecified atom stereocenters. The molecule has 2 aromatic heterocycles. The van der Waals surface area contributed by atoms with Gasteiger partial charge in [0, 0.05) is 74.2 Å². The standard InChI is InChI=1S/C27H32N6O3/c1-34-23-11-22(12-24(14-23)35-2)33(8-7-28)21-3-4-25-26(13-21)31-27(16-29-25)20-15-30-32(18-20)17-19-5-9-36-10-6-19/h3-4,11-16,18-19H,5-10,17,28H2,1-2H3. The van der Waals surface area contributed by atoms with E-state index in [-0.39, 0.29) is 0 Å². The molecule has 9 nitrogen and oxygen atoms in total. The topological polar surface area (TPSA) is 101 Å². The zero-order valence-electron chi connectivity index (χ0n) is 20.8. The van der Waals surface area contributed by atoms with Gasteiger partial charge in [0.15, 0.2) is 0 Å². The Kier molecular flexibility index (Phi) is 7.29. The molecule has 9 heteroatoms. The summed E-state index contributed by atoms with van der Waals surface area (Å²) >= 11 is 0. The van der Waals surface area contributed by atoms with E-state index in [1.54, 1.807) is 14.2 Å². The molecule has 1 saturated heterocycles. The lowest BCUT2D eigenvalue weighted by Crippen LogP contribution is -2.24. The Balaban J connectivity index is 1.44. The van der Waals surface area contributed by atoms with Gasteiger partial charge in [0.25, 0.3) is 0 Å². The maximum absolute atomic E-state index is 5.98. The van der Waals surface area contributed by atoms with Crippen LogP contribution in [0.25, 0.3) is 22.3 Å². The number of hydrogen-bond donors (Lipinski definition) is 1. The van der Waals surface area contributed by atoms with Crippen molar-refractivity contribution in [2.24, 2.45) is 11.7 Å². The summed E-state index contributed by atoms with van der Waals surface area (Å²) in [5.41, 5.74) is 11.3. The van der Waals surface area contributed by atoms with Crippen LogP contribution < -0.4 is 20.1 Å². The Bertz CT molecular complexity index is 1300. The Labute approximate surface area is 210 Å². The van der Waals surface area contributed by atoms with Gasteiger partial charge in [-0.05, 0) is 37.0 Å². The Morgan fingerprint density at radius 3 is 2.50 bits per heavy atom. The zero-order valence-corrected chi connectivity index (χ0v) is 20.8. The Morgan fingerprint density at radius 1 is 1.00 bits per heavy atom. The molecule has 0 bridgehead atoms. The van der Waals surface area contributed by atoms with Crippen molar-refractivity contribution >= 4 is 22.4 Å². The quantitative estimate of drug-likeness (QED) is 0.377. The Morgan fingerprint density at radius 2 is 1.78 bits per heavy atom. The highest BCUT2D eigenvalue weighted by Gasteiger charge is 2.16. The normalized spacial score (nSPS) is 14.2. The average Bonchev–Trinajstić information content (AvgIpc) is 3.39. The predicted molar refractivity (Wildman–Crippen MR) is 140 cm³/mol. The van der Waals surface area contributed by atoms with Gasteiger partial charge in [-0.3, -0.25) is 9.67 Å². The van der Waals surface area contributed by atoms with Crippen LogP contribution in [0.5, 0.6) is 11.5 Å². The minimum Gasteiger partial charge on any atom is -0.497 e. The third-order valence-corrected chi connectivity index (χ3v) is 6.55. The van der Waals surface area contributed by atoms with Crippen molar-refractivity contribution in [3.8, 4) is 22.8 Å². The third kappa shape index (κ3) is 5.27. The van der Waals surface area contributed by atoms with E-state index in [1.165, 1.54) is 0 Å². The van der Waals surface area contributed by atoms with Crippen LogP contribution in [-0.2, 0) is 11.3 Å². The van der Waals surface area contributed by atoms with Crippen molar-refractivity contribution in [3.63, 3.8) is 0 Å². The molecule has 5 rings (SSSR count). The van der Waals surface area contributed by atoms with Crippen LogP contribution in [0.3, 0.4) is 0 Å². The second kappa shape index (κ2) is 10.9. The molecule has 0 amide bonds. The van der Waals surface area contributed by atoms with E-state index in [4.69, 9.17) is 24.9 Å². The summed E-state index contributed by atoms with van der Waals surface area (Å²) in [7, 11) is 3.29. The SMILES string of the molecule is COc1cc(OC)cc(N(CCN)c2ccc3ncc(-c4cnn(CC5CCOCC5)c4)nc3c2)c1. The maximum Gasteiger partial charge on any atom is 0.124 e. The molecule has 0 spiro atoms. The van der Waals surface area contributed by atoms with Gasteiger partial charge in [-0.15, -0.1) is 0 Å². The van der Waals surface area contributed by atoms with Crippen molar-refractivity contribution < 1.29 is 14.2 Å². The summed E-state index contributed by atoms with van der Waals surface area (Å²) in [6.45, 7) is 3.66. The zero-order chi connectivity index (χ0) is 24.9. The van der Waals surface area contributed by atoms with E-state index in [2.05, 4.69) is 21.2 Å². The molecule has 3 heterocycles. The first kappa shape index (κ1) is 24.0. The minimum atomic E-state index is 0.482. The number of hydrogen-bond acceptors (Lipinski definition) is 8. The van der Waals surface area contributed by atoms with Gasteiger partial charge in [0.2, 0.25) is 0 Å². The third-order valence-electron chi connectivity index (χ3n) is 6.55. The number of benzene rings is 2. The summed E-state index contributed by atoms with van der Waals surface area (Å²) in [5.74, 6) is 2.03. The number of ether oxygens (including phenoxy) is 3. The molecule has 0 saturated carbocycles. The molecule has 0 atom stereocenters. The van der Waals surface area contributed by atoms with Gasteiger partial charge in [-0.25, -0.2) is 4.98 Å². The molecule has 4 aromatic rings. The van der Waals surface area contributed by atoms with Crippen molar-refractivity contribution in [2.45, 2.75) is 19.4 Å². The van der Waals surface area contributed by atoms with Gasteiger partial charge in [0.05, 0.1) is 43.3 Å². The van der Waals surface area contributed by atoms with E-state index in [1.807, 2.05) is 53.5 Å². The Hall–Kier alpha value is -3.69. The molecule has 0 aliphatic carbocycles. The van der Waals surface area contributed by atoms with Crippen molar-refractivity contribution in [1.29, 1.82) is 0 Å². The van der Waals surface area contributed by atoms with Crippen LogP contribution in [-0.4, -0.2) is 60.3 Å². The van der Waals surface area contributed by atoms with Crippen LogP contribution in [0.1, 0.15) is 12.8 Å². The van der Waals surface area contributed by atoms with Crippen molar-refractivity contribution in [1.82, 2.24) is 19.7 Å². The summed E-state index contributed by atoms with van der Waals surface area (Å²) in [4.78, 5) is 11.7. The lowest BCUT2D eigenvalue weighted by Gasteiger charge is -2.25. The fourth-order valence-electron chi connectivity index (χ4n) is 4.58. The summed E-state index contributed by atoms with van der Waals surface area (Å²) in [5, 5.41) is 4.57. The van der Waals surface area contributed by atoms with E-state index in [0.29, 0.717) is 30.5 Å². The van der Waals surface area contributed by atoms with Crippen LogP contribution in [0, 0.1) is 5.92 Å². The predicted octanol–water partition coefficient (Wildman–Crippen LogP) is 4.03. The molecule has 2 N–H and O–H groups in total. The number of anilines is 2. The molecular weight excluding hydrogens is 456 g/mol. The van der Waals surface area contributed by atoms with Gasteiger partial charge in [0.1, 0.15) is 11.5 Å². The van der Waals surface area contributed by atoms with E-state index < -0.39 is 0 Å². The number of nitrogens with zero attached hydrogens (tertiary/aromatic N) is 5. The molecule has 1 aliphatic heterocycles. The molecule has 1 fully saturated rings. The van der Waals surface area contributed by atoms with Gasteiger partial charge < -0.3 is 24.8 Å². The smallest absolute Gasteiger partial charge is 0.124 e. The fourth-order valence-corrected chi connectivity index (χ4v) is 4.58. The molecule has 0 radical (unpaired) electrons. The van der Waals surface area contributed by atoms with E-state index in [0.717, 1.165) is 66.3 Å². The first-order valence-corrected chi connectivity index (χ1v) is 12.2. The monoisotopic (exact) mass is 488 g/mol. The first-order chi connectivity index (χ1) is 17.7. The summed E-state index contributed by atoms with van der Waals surface area (Å²) in [6.07, 6.45) is 7.88. The van der Waals surface area contributed by atoms with Crippen LogP contribution in [0.15, 0.2) is 55.0 Å². The molecular formula is C27H32N6O3. The van der Waals surface area contributed by atoms with Crippen LogP contribution in [0.2, 0.25) is 0 Å². The minimum absolute atomic E-state index is 0.482. The largest absolute Gasteiger partial charge is 0.497 e. The summed E-state index contributed by atoms with van der Waals surface area (Å²) in [6, 6.07) is 11.8. The fraction of sp³-hybridized carbons (Fsp3) is 0.370. The first-order valence-electron chi connectivity index (χ1n) is 12.2. The van der Waals surface area contributed by atoms with E-state index >= 15 is 0 Å².